The molecule has 0 radical (unpaired) electrons. The van der Waals surface area contributed by atoms with Gasteiger partial charge in [-0.15, -0.1) is 0 Å². The zero-order chi connectivity index (χ0) is 17.9. The van der Waals surface area contributed by atoms with Crippen molar-refractivity contribution in [2.75, 3.05) is 26.2 Å². The number of hydrogen-bond acceptors (Lipinski definition) is 2. The average molecular weight is 354 g/mol. The van der Waals surface area contributed by atoms with Gasteiger partial charge in [0, 0.05) is 29.7 Å². The summed E-state index contributed by atoms with van der Waals surface area (Å²) in [6, 6.07) is 8.36. The molecule has 0 saturated carbocycles. The molecule has 4 nitrogen and oxygen atoms in total. The number of aromatic nitrogens is 1. The fourth-order valence-corrected chi connectivity index (χ4v) is 4.65. The van der Waals surface area contributed by atoms with Gasteiger partial charge in [0.1, 0.15) is 0 Å². The molecule has 1 aromatic heterocycles. The maximum atomic E-state index is 13.0. The average Bonchev–Trinajstić information content (AvgIpc) is 3.26. The van der Waals surface area contributed by atoms with E-state index < -0.39 is 0 Å². The van der Waals surface area contributed by atoms with Crippen molar-refractivity contribution in [2.24, 2.45) is 5.92 Å². The van der Waals surface area contributed by atoms with Crippen molar-refractivity contribution in [1.82, 2.24) is 14.8 Å². The molecular formula is C22H31N3O. The molecule has 1 N–H and O–H groups in total. The lowest BCUT2D eigenvalue weighted by atomic mass is 9.96. The fraction of sp³-hybridized carbons (Fsp3) is 0.591. The number of rotatable bonds is 6. The molecule has 0 bridgehead atoms. The van der Waals surface area contributed by atoms with E-state index >= 15 is 0 Å². The molecule has 1 saturated heterocycles. The molecule has 2 aliphatic rings. The summed E-state index contributed by atoms with van der Waals surface area (Å²) in [7, 11) is 0. The first-order valence-electron chi connectivity index (χ1n) is 10.4. The molecule has 1 fully saturated rings. The van der Waals surface area contributed by atoms with Crippen molar-refractivity contribution in [1.29, 1.82) is 0 Å². The van der Waals surface area contributed by atoms with E-state index in [-0.39, 0.29) is 5.91 Å². The molecule has 3 heterocycles. The predicted octanol–water partition coefficient (Wildman–Crippen LogP) is 3.83. The van der Waals surface area contributed by atoms with Crippen LogP contribution in [0.25, 0.3) is 10.9 Å². The summed E-state index contributed by atoms with van der Waals surface area (Å²) >= 11 is 0. The Morgan fingerprint density at radius 1 is 1.19 bits per heavy atom. The molecule has 140 valence electrons. The largest absolute Gasteiger partial charge is 0.352 e. The molecule has 0 aliphatic carbocycles. The summed E-state index contributed by atoms with van der Waals surface area (Å²) in [5.41, 5.74) is 3.38. The first-order chi connectivity index (χ1) is 12.8. The Kier molecular flexibility index (Phi) is 5.30. The Morgan fingerprint density at radius 2 is 2.00 bits per heavy atom. The van der Waals surface area contributed by atoms with Crippen LogP contribution < -0.4 is 5.32 Å². The highest BCUT2D eigenvalue weighted by atomic mass is 16.1. The molecule has 2 aliphatic heterocycles. The molecule has 0 atom stereocenters. The van der Waals surface area contributed by atoms with Gasteiger partial charge in [-0.3, -0.25) is 4.79 Å². The smallest absolute Gasteiger partial charge is 0.253 e. The summed E-state index contributed by atoms with van der Waals surface area (Å²) in [5, 5.41) is 4.38. The van der Waals surface area contributed by atoms with Crippen LogP contribution in [0.15, 0.2) is 24.3 Å². The summed E-state index contributed by atoms with van der Waals surface area (Å²) in [6.07, 6.45) is 7.15. The van der Waals surface area contributed by atoms with Gasteiger partial charge in [0.15, 0.2) is 0 Å². The number of aryl methyl sites for hydroxylation is 1. The van der Waals surface area contributed by atoms with Gasteiger partial charge >= 0.3 is 0 Å². The van der Waals surface area contributed by atoms with Crippen molar-refractivity contribution < 1.29 is 4.79 Å². The molecular weight excluding hydrogens is 322 g/mol. The van der Waals surface area contributed by atoms with Gasteiger partial charge in [0.05, 0.1) is 5.56 Å². The molecule has 4 rings (SSSR count). The number of fused-ring (bicyclic) bond motifs is 3. The highest BCUT2D eigenvalue weighted by Crippen LogP contribution is 2.31. The maximum Gasteiger partial charge on any atom is 0.253 e. The number of nitrogens with one attached hydrogen (secondary N) is 1. The normalized spacial score (nSPS) is 18.3. The van der Waals surface area contributed by atoms with E-state index in [1.165, 1.54) is 56.5 Å². The van der Waals surface area contributed by atoms with Gasteiger partial charge in [-0.25, -0.2) is 0 Å². The third-order valence-corrected chi connectivity index (χ3v) is 6.19. The number of hydrogen-bond donors (Lipinski definition) is 1. The molecule has 26 heavy (non-hydrogen) atoms. The van der Waals surface area contributed by atoms with Crippen LogP contribution in [-0.4, -0.2) is 41.6 Å². The quantitative estimate of drug-likeness (QED) is 0.857. The van der Waals surface area contributed by atoms with E-state index in [2.05, 4.69) is 39.9 Å². The van der Waals surface area contributed by atoms with Crippen LogP contribution in [0.4, 0.5) is 0 Å². The van der Waals surface area contributed by atoms with E-state index in [1.807, 2.05) is 6.07 Å². The number of carbonyl (C=O) groups is 1. The summed E-state index contributed by atoms with van der Waals surface area (Å²) < 4.78 is 2.34. The standard InChI is InChI=1S/C22H31N3O/c1-2-3-12-24-14-10-17(11-15-24)16-23-22(26)21-18-7-4-5-8-19(18)25-13-6-9-20(21)25/h4-5,7-8,17H,2-3,6,9-16H2,1H3,(H,23,26). The van der Waals surface area contributed by atoms with E-state index in [1.54, 1.807) is 0 Å². The summed E-state index contributed by atoms with van der Waals surface area (Å²) in [6.45, 7) is 7.72. The van der Waals surface area contributed by atoms with Crippen molar-refractivity contribution in [2.45, 2.75) is 52.0 Å². The predicted molar refractivity (Wildman–Crippen MR) is 107 cm³/mol. The number of nitrogens with zero attached hydrogens (tertiary/aromatic N) is 2. The number of carbonyl (C=O) groups excluding carboxylic acids is 1. The lowest BCUT2D eigenvalue weighted by Crippen LogP contribution is -2.39. The second-order valence-corrected chi connectivity index (χ2v) is 7.94. The third kappa shape index (κ3) is 3.39. The number of benzene rings is 1. The second kappa shape index (κ2) is 7.83. The van der Waals surface area contributed by atoms with Crippen molar-refractivity contribution in [3.8, 4) is 0 Å². The zero-order valence-electron chi connectivity index (χ0n) is 16.0. The number of piperidine rings is 1. The molecule has 1 amide bonds. The number of amides is 1. The fourth-order valence-electron chi connectivity index (χ4n) is 4.65. The summed E-state index contributed by atoms with van der Waals surface area (Å²) in [5.74, 6) is 0.754. The van der Waals surface area contributed by atoms with Crippen LogP contribution in [0, 0.1) is 5.92 Å². The number of para-hydroxylation sites is 1. The van der Waals surface area contributed by atoms with Crippen molar-refractivity contribution in [3.63, 3.8) is 0 Å². The number of likely N-dealkylation sites (tertiary alicyclic amines) is 1. The second-order valence-electron chi connectivity index (χ2n) is 7.94. The van der Waals surface area contributed by atoms with Crippen LogP contribution in [0.5, 0.6) is 0 Å². The van der Waals surface area contributed by atoms with Gasteiger partial charge in [-0.2, -0.15) is 0 Å². The van der Waals surface area contributed by atoms with E-state index in [0.717, 1.165) is 36.9 Å². The molecule has 0 spiro atoms. The topological polar surface area (TPSA) is 37.3 Å². The highest BCUT2D eigenvalue weighted by molar-refractivity contribution is 6.08. The van der Waals surface area contributed by atoms with Crippen LogP contribution in [0.2, 0.25) is 0 Å². The minimum absolute atomic E-state index is 0.130. The SMILES string of the molecule is CCCCN1CCC(CNC(=O)c2c3n(c4ccccc24)CCC3)CC1. The van der Waals surface area contributed by atoms with Crippen LogP contribution in [0.3, 0.4) is 0 Å². The van der Waals surface area contributed by atoms with Gasteiger partial charge in [0.25, 0.3) is 5.91 Å². The first kappa shape index (κ1) is 17.6. The molecule has 0 unspecified atom stereocenters. The first-order valence-corrected chi connectivity index (χ1v) is 10.4. The Hall–Kier alpha value is -1.81. The monoisotopic (exact) mass is 353 g/mol. The Bertz CT molecular complexity index is 771. The highest BCUT2D eigenvalue weighted by Gasteiger charge is 2.26. The minimum Gasteiger partial charge on any atom is -0.352 e. The lowest BCUT2D eigenvalue weighted by Gasteiger charge is -2.31. The molecule has 1 aromatic carbocycles. The third-order valence-electron chi connectivity index (χ3n) is 6.19. The van der Waals surface area contributed by atoms with Gasteiger partial charge in [-0.05, 0) is 63.7 Å². The van der Waals surface area contributed by atoms with E-state index in [4.69, 9.17) is 0 Å². The maximum absolute atomic E-state index is 13.0. The van der Waals surface area contributed by atoms with Crippen molar-refractivity contribution in [3.05, 3.63) is 35.5 Å². The Morgan fingerprint density at radius 3 is 2.81 bits per heavy atom. The van der Waals surface area contributed by atoms with Crippen LogP contribution >= 0.6 is 0 Å². The molecule has 4 heteroatoms. The zero-order valence-corrected chi connectivity index (χ0v) is 16.0. The van der Waals surface area contributed by atoms with Crippen molar-refractivity contribution >= 4 is 16.8 Å². The summed E-state index contributed by atoms with van der Waals surface area (Å²) in [4.78, 5) is 15.6. The minimum atomic E-state index is 0.130. The number of unbranched alkanes of at least 4 members (excludes halogenated alkanes) is 1. The van der Waals surface area contributed by atoms with Crippen LogP contribution in [0.1, 0.15) is 55.1 Å². The Balaban J connectivity index is 1.39. The van der Waals surface area contributed by atoms with Crippen LogP contribution in [-0.2, 0) is 13.0 Å². The van der Waals surface area contributed by atoms with Gasteiger partial charge in [-0.1, -0.05) is 31.5 Å². The van der Waals surface area contributed by atoms with Gasteiger partial charge < -0.3 is 14.8 Å². The van der Waals surface area contributed by atoms with E-state index in [0.29, 0.717) is 5.92 Å². The Labute approximate surface area is 156 Å². The lowest BCUT2D eigenvalue weighted by molar-refractivity contribution is 0.0936. The molecule has 2 aromatic rings. The van der Waals surface area contributed by atoms with E-state index in [9.17, 15) is 4.79 Å². The van der Waals surface area contributed by atoms with Gasteiger partial charge in [0.2, 0.25) is 0 Å².